The van der Waals surface area contributed by atoms with Crippen LogP contribution in [0.1, 0.15) is 0 Å². The minimum Gasteiger partial charge on any atom is -0.0933 e. The van der Waals surface area contributed by atoms with E-state index in [1.165, 1.54) is 21.9 Å². The first-order valence-corrected chi connectivity index (χ1v) is 2.82. The van der Waals surface area contributed by atoms with E-state index in [1.807, 2.05) is 0 Å². The smallest absolute Gasteiger partial charge is 0.0933 e. The normalized spacial score (nSPS) is 15.0. The fraction of sp³-hybridized carbons (Fsp3) is 0. The molecule has 2 heteroatoms. The maximum atomic E-state index is 2.22. The van der Waals surface area contributed by atoms with Crippen LogP contribution in [-0.4, -0.2) is 14.6 Å². The Labute approximate surface area is 49.4 Å². The Kier molecular flexibility index (Phi) is 0.327. The second-order valence-electron chi connectivity index (χ2n) is 2.36. The molecule has 0 amide bonds. The Morgan fingerprint density at radius 2 is 1.38 bits per heavy atom. The van der Waals surface area contributed by atoms with Crippen molar-refractivity contribution in [1.82, 2.24) is 0 Å². The van der Waals surface area contributed by atoms with Gasteiger partial charge in [0.25, 0.3) is 0 Å². The van der Waals surface area contributed by atoms with E-state index in [2.05, 4.69) is 26.7 Å². The van der Waals surface area contributed by atoms with Gasteiger partial charge in [0.15, 0.2) is 14.6 Å². The lowest BCUT2D eigenvalue weighted by molar-refractivity contribution is 2.05. The Hall–Kier alpha value is -0.650. The molecule has 0 unspecified atom stereocenters. The van der Waals surface area contributed by atoms with Gasteiger partial charge in [0.2, 0.25) is 0 Å². The van der Waals surface area contributed by atoms with Crippen molar-refractivity contribution < 1.29 is 0 Å². The fourth-order valence-corrected chi connectivity index (χ4v) is 1.16. The SMILES string of the molecule is [B]1c2ccc3c(c21)[B]3. The van der Waals surface area contributed by atoms with Crippen molar-refractivity contribution in [2.75, 3.05) is 0 Å². The average molecular weight is 95.7 g/mol. The van der Waals surface area contributed by atoms with Gasteiger partial charge in [-0.3, -0.25) is 0 Å². The van der Waals surface area contributed by atoms with Crippen LogP contribution in [0.25, 0.3) is 0 Å². The molecule has 2 radical (unpaired) electrons. The Morgan fingerprint density at radius 3 is 1.88 bits per heavy atom. The van der Waals surface area contributed by atoms with Crippen LogP contribution in [0.15, 0.2) is 12.1 Å². The summed E-state index contributed by atoms with van der Waals surface area (Å²) in [6.45, 7) is 0. The summed E-state index contributed by atoms with van der Waals surface area (Å²) in [5.74, 6) is 0. The molecule has 1 aromatic carbocycles. The molecule has 0 nitrogen and oxygen atoms in total. The summed E-state index contributed by atoms with van der Waals surface area (Å²) in [4.78, 5) is 0. The number of hydrogen-bond donors (Lipinski definition) is 0. The summed E-state index contributed by atoms with van der Waals surface area (Å²) in [6, 6.07) is 4.36. The Morgan fingerprint density at radius 1 is 0.875 bits per heavy atom. The lowest BCUT2D eigenvalue weighted by Gasteiger charge is -1.72. The van der Waals surface area contributed by atoms with Crippen molar-refractivity contribution in [3.63, 3.8) is 0 Å². The van der Waals surface area contributed by atoms with Gasteiger partial charge in [-0.05, 0) is 0 Å². The van der Waals surface area contributed by atoms with Crippen LogP contribution in [0.4, 0.5) is 0 Å². The zero-order chi connectivity index (χ0) is 5.14. The predicted octanol–water partition coefficient (Wildman–Crippen LogP) is -2.38. The topological polar surface area (TPSA) is 0 Å². The van der Waals surface area contributed by atoms with Gasteiger partial charge in [0.05, 0.1) is 0 Å². The van der Waals surface area contributed by atoms with Crippen molar-refractivity contribution in [2.45, 2.75) is 0 Å². The quantitative estimate of drug-likeness (QED) is 0.274. The summed E-state index contributed by atoms with van der Waals surface area (Å²) >= 11 is 0. The van der Waals surface area contributed by atoms with Gasteiger partial charge in [-0.15, -0.1) is 0 Å². The highest BCUT2D eigenvalue weighted by Crippen LogP contribution is 1.91. The van der Waals surface area contributed by atoms with Crippen molar-refractivity contribution in [3.8, 4) is 0 Å². The molecular formula is C6H2B2. The van der Waals surface area contributed by atoms with E-state index in [0.29, 0.717) is 0 Å². The van der Waals surface area contributed by atoms with Crippen molar-refractivity contribution in [3.05, 3.63) is 12.1 Å². The molecule has 32 valence electrons. The highest BCUT2D eigenvalue weighted by Gasteiger charge is 2.31. The first-order valence-electron chi connectivity index (χ1n) is 2.82. The Balaban J connectivity index is 2.55. The zero-order valence-electron chi connectivity index (χ0n) is 4.31. The average Bonchev–Trinajstić information content (AvgIpc) is 2.59. The number of fused-ring (bicyclic) bond motifs is 3. The van der Waals surface area contributed by atoms with Gasteiger partial charge in [-0.25, -0.2) is 0 Å². The van der Waals surface area contributed by atoms with Crippen LogP contribution in [0.3, 0.4) is 0 Å². The summed E-state index contributed by atoms with van der Waals surface area (Å²) in [5.41, 5.74) is 5.86. The van der Waals surface area contributed by atoms with Crippen LogP contribution in [0.2, 0.25) is 0 Å². The minimum absolute atomic E-state index is 1.44. The minimum atomic E-state index is 1.44. The molecule has 2 aliphatic rings. The third-order valence-electron chi connectivity index (χ3n) is 1.79. The fourth-order valence-electron chi connectivity index (χ4n) is 1.16. The molecule has 0 N–H and O–H groups in total. The monoisotopic (exact) mass is 96.0 g/mol. The van der Waals surface area contributed by atoms with E-state index in [4.69, 9.17) is 0 Å². The second-order valence-corrected chi connectivity index (χ2v) is 2.36. The van der Waals surface area contributed by atoms with E-state index in [0.717, 1.165) is 0 Å². The largest absolute Gasteiger partial charge is 0.189 e. The summed E-state index contributed by atoms with van der Waals surface area (Å²) < 4.78 is 0. The third-order valence-corrected chi connectivity index (χ3v) is 1.79. The molecule has 1 aromatic rings. The molecular weight excluding hydrogens is 93.7 g/mol. The molecule has 0 saturated carbocycles. The number of benzene rings is 1. The van der Waals surface area contributed by atoms with Crippen LogP contribution in [0.5, 0.6) is 0 Å². The van der Waals surface area contributed by atoms with Crippen molar-refractivity contribution in [2.24, 2.45) is 0 Å². The molecule has 2 aliphatic heterocycles. The summed E-state index contributed by atoms with van der Waals surface area (Å²) in [6.07, 6.45) is 0. The standard InChI is InChI=1S/C6H2B2/c1-2-4-6(8-4)5-3(1)7-5/h1-2H. The number of hydrogen-bond acceptors (Lipinski definition) is 0. The lowest BCUT2D eigenvalue weighted by atomic mass is 9.91. The van der Waals surface area contributed by atoms with Crippen LogP contribution < -0.4 is 21.9 Å². The van der Waals surface area contributed by atoms with E-state index in [-0.39, 0.29) is 0 Å². The molecule has 3 rings (SSSR count). The van der Waals surface area contributed by atoms with E-state index in [1.54, 1.807) is 0 Å². The molecule has 0 aliphatic carbocycles. The van der Waals surface area contributed by atoms with Gasteiger partial charge < -0.3 is 0 Å². The van der Waals surface area contributed by atoms with Crippen LogP contribution >= 0.6 is 0 Å². The van der Waals surface area contributed by atoms with Crippen molar-refractivity contribution >= 4 is 36.4 Å². The molecule has 0 atom stereocenters. The molecule has 8 heavy (non-hydrogen) atoms. The Bertz CT molecular complexity index is 249. The maximum Gasteiger partial charge on any atom is 0.189 e. The molecule has 0 fully saturated rings. The van der Waals surface area contributed by atoms with Gasteiger partial charge in [0.1, 0.15) is 0 Å². The first kappa shape index (κ1) is 3.39. The highest BCUT2D eigenvalue weighted by atomic mass is 14.1. The third kappa shape index (κ3) is 0.244. The van der Waals surface area contributed by atoms with Crippen LogP contribution in [-0.2, 0) is 0 Å². The van der Waals surface area contributed by atoms with E-state index < -0.39 is 0 Å². The van der Waals surface area contributed by atoms with Gasteiger partial charge >= 0.3 is 0 Å². The van der Waals surface area contributed by atoms with E-state index in [9.17, 15) is 0 Å². The van der Waals surface area contributed by atoms with Gasteiger partial charge in [0, 0.05) is 0 Å². The number of rotatable bonds is 0. The molecule has 0 saturated heterocycles. The van der Waals surface area contributed by atoms with Gasteiger partial charge in [-0.1, -0.05) is 34.0 Å². The predicted molar refractivity (Wildman–Crippen MR) is 36.5 cm³/mol. The molecule has 0 spiro atoms. The second kappa shape index (κ2) is 0.771. The molecule has 2 heterocycles. The van der Waals surface area contributed by atoms with Gasteiger partial charge in [-0.2, -0.15) is 0 Å². The van der Waals surface area contributed by atoms with Crippen LogP contribution in [0, 0.1) is 0 Å². The lowest BCUT2D eigenvalue weighted by Crippen LogP contribution is -2.06. The summed E-state index contributed by atoms with van der Waals surface area (Å²) in [5, 5.41) is 0. The maximum absolute atomic E-state index is 2.22. The molecule has 0 bridgehead atoms. The van der Waals surface area contributed by atoms with Crippen molar-refractivity contribution in [1.29, 1.82) is 0 Å². The highest BCUT2D eigenvalue weighted by molar-refractivity contribution is 7.01. The zero-order valence-corrected chi connectivity index (χ0v) is 4.31. The van der Waals surface area contributed by atoms with E-state index >= 15 is 0 Å². The molecule has 0 aromatic heterocycles. The summed E-state index contributed by atoms with van der Waals surface area (Å²) in [7, 11) is 4.45. The first-order chi connectivity index (χ1) is 3.95.